The average molecular weight is 287 g/mol. The number of nitrogens with one attached hydrogen (secondary N) is 1. The predicted octanol–water partition coefficient (Wildman–Crippen LogP) is 2.05. The van der Waals surface area contributed by atoms with E-state index in [9.17, 15) is 4.79 Å². The second-order valence-corrected chi connectivity index (χ2v) is 5.90. The number of halogens is 1. The summed E-state index contributed by atoms with van der Waals surface area (Å²) in [4.78, 5) is 15.9. The quantitative estimate of drug-likeness (QED) is 0.857. The van der Waals surface area contributed by atoms with E-state index in [2.05, 4.69) is 21.7 Å². The first-order valence-corrected chi connectivity index (χ1v) is 7.27. The molecule has 2 aliphatic heterocycles. The fourth-order valence-electron chi connectivity index (χ4n) is 2.76. The van der Waals surface area contributed by atoms with Crippen LogP contribution in [0.1, 0.15) is 23.3 Å². The number of piperidine rings is 1. The Balaban J connectivity index is 0.00000120. The van der Waals surface area contributed by atoms with Crippen LogP contribution in [0.4, 0.5) is 0 Å². The summed E-state index contributed by atoms with van der Waals surface area (Å²) in [6.45, 7) is 3.74. The molecule has 0 radical (unpaired) electrons. The molecule has 0 spiro atoms. The maximum atomic E-state index is 12.4. The van der Waals surface area contributed by atoms with Crippen LogP contribution in [0.2, 0.25) is 0 Å². The van der Waals surface area contributed by atoms with Gasteiger partial charge in [0, 0.05) is 23.9 Å². The third-order valence-corrected chi connectivity index (χ3v) is 4.83. The van der Waals surface area contributed by atoms with E-state index in [-0.39, 0.29) is 18.3 Å². The molecular weight excluding hydrogens is 268 g/mol. The van der Waals surface area contributed by atoms with Gasteiger partial charge in [-0.3, -0.25) is 4.79 Å². The highest BCUT2D eigenvalue weighted by Crippen LogP contribution is 2.26. The van der Waals surface area contributed by atoms with Crippen LogP contribution in [0, 0.1) is 5.92 Å². The zero-order valence-corrected chi connectivity index (χ0v) is 12.0. The standard InChI is InChI=1S/C13H18N2OS.ClH/c16-13(10-1-5-14-6-2-10)15-7-3-12-11(9-15)4-8-17-12;/h4,8,10,14H,1-3,5-7,9H2;1H. The summed E-state index contributed by atoms with van der Waals surface area (Å²) in [5.41, 5.74) is 1.36. The van der Waals surface area contributed by atoms with Crippen molar-refractivity contribution in [2.24, 2.45) is 5.92 Å². The lowest BCUT2D eigenvalue weighted by molar-refractivity contribution is -0.137. The van der Waals surface area contributed by atoms with Crippen molar-refractivity contribution in [3.63, 3.8) is 0 Å². The number of hydrogen-bond donors (Lipinski definition) is 1. The number of carbonyl (C=O) groups excluding carboxylic acids is 1. The summed E-state index contributed by atoms with van der Waals surface area (Å²) < 4.78 is 0. The van der Waals surface area contributed by atoms with Crippen LogP contribution in [-0.4, -0.2) is 30.4 Å². The summed E-state index contributed by atoms with van der Waals surface area (Å²) in [6.07, 6.45) is 3.06. The maximum absolute atomic E-state index is 12.4. The van der Waals surface area contributed by atoms with Gasteiger partial charge in [-0.1, -0.05) is 0 Å². The molecule has 0 bridgehead atoms. The molecular formula is C13H19ClN2OS. The van der Waals surface area contributed by atoms with Crippen LogP contribution < -0.4 is 5.32 Å². The number of thiophene rings is 1. The highest BCUT2D eigenvalue weighted by molar-refractivity contribution is 7.10. The lowest BCUT2D eigenvalue weighted by Crippen LogP contribution is -2.42. The fraction of sp³-hybridized carbons (Fsp3) is 0.615. The van der Waals surface area contributed by atoms with Gasteiger partial charge in [-0.25, -0.2) is 0 Å². The van der Waals surface area contributed by atoms with Crippen LogP contribution in [0.25, 0.3) is 0 Å². The summed E-state index contributed by atoms with van der Waals surface area (Å²) in [5.74, 6) is 0.639. The Kier molecular flexibility index (Phi) is 4.65. The van der Waals surface area contributed by atoms with Crippen molar-refractivity contribution in [2.75, 3.05) is 19.6 Å². The SMILES string of the molecule is Cl.O=C(C1CCNCC1)N1CCc2sccc2C1. The van der Waals surface area contributed by atoms with Crippen molar-refractivity contribution < 1.29 is 4.79 Å². The molecule has 1 fully saturated rings. The van der Waals surface area contributed by atoms with Crippen molar-refractivity contribution in [2.45, 2.75) is 25.8 Å². The van der Waals surface area contributed by atoms with Crippen LogP contribution in [0.3, 0.4) is 0 Å². The number of hydrogen-bond acceptors (Lipinski definition) is 3. The molecule has 1 N–H and O–H groups in total. The lowest BCUT2D eigenvalue weighted by atomic mass is 9.95. The van der Waals surface area contributed by atoms with Crippen molar-refractivity contribution in [3.05, 3.63) is 21.9 Å². The van der Waals surface area contributed by atoms with E-state index in [1.165, 1.54) is 10.4 Å². The van der Waals surface area contributed by atoms with E-state index >= 15 is 0 Å². The first-order valence-electron chi connectivity index (χ1n) is 6.39. The van der Waals surface area contributed by atoms with E-state index in [1.54, 1.807) is 0 Å². The molecule has 1 aromatic rings. The van der Waals surface area contributed by atoms with Crippen LogP contribution in [0.15, 0.2) is 11.4 Å². The van der Waals surface area contributed by atoms with Gasteiger partial charge >= 0.3 is 0 Å². The molecule has 0 atom stereocenters. The number of rotatable bonds is 1. The Bertz CT molecular complexity index is 415. The van der Waals surface area contributed by atoms with Gasteiger partial charge in [0.2, 0.25) is 5.91 Å². The highest BCUT2D eigenvalue weighted by atomic mass is 35.5. The minimum atomic E-state index is 0. The molecule has 0 saturated carbocycles. The summed E-state index contributed by atoms with van der Waals surface area (Å²) >= 11 is 1.83. The van der Waals surface area contributed by atoms with Gasteiger partial charge in [0.1, 0.15) is 0 Å². The van der Waals surface area contributed by atoms with Gasteiger partial charge in [0.05, 0.1) is 0 Å². The van der Waals surface area contributed by atoms with E-state index in [1.807, 2.05) is 11.3 Å². The average Bonchev–Trinajstić information content (AvgIpc) is 2.86. The van der Waals surface area contributed by atoms with E-state index in [0.717, 1.165) is 45.4 Å². The number of nitrogens with zero attached hydrogens (tertiary/aromatic N) is 1. The Hall–Kier alpha value is -0.580. The number of carbonyl (C=O) groups is 1. The monoisotopic (exact) mass is 286 g/mol. The van der Waals surface area contributed by atoms with Crippen LogP contribution in [0.5, 0.6) is 0 Å². The third kappa shape index (κ3) is 2.71. The minimum absolute atomic E-state index is 0. The summed E-state index contributed by atoms with van der Waals surface area (Å²) in [7, 11) is 0. The maximum Gasteiger partial charge on any atom is 0.226 e. The van der Waals surface area contributed by atoms with Gasteiger partial charge in [-0.2, -0.15) is 0 Å². The number of fused-ring (bicyclic) bond motifs is 1. The molecule has 5 heteroatoms. The number of amides is 1. The second kappa shape index (κ2) is 6.04. The molecule has 1 amide bonds. The third-order valence-electron chi connectivity index (χ3n) is 3.81. The molecule has 2 aliphatic rings. The Morgan fingerprint density at radius 1 is 1.39 bits per heavy atom. The second-order valence-electron chi connectivity index (χ2n) is 4.90. The van der Waals surface area contributed by atoms with E-state index in [0.29, 0.717) is 5.91 Å². The Morgan fingerprint density at radius 2 is 2.17 bits per heavy atom. The molecule has 0 unspecified atom stereocenters. The van der Waals surface area contributed by atoms with Crippen molar-refractivity contribution >= 4 is 29.7 Å². The molecule has 18 heavy (non-hydrogen) atoms. The predicted molar refractivity (Wildman–Crippen MR) is 76.3 cm³/mol. The van der Waals surface area contributed by atoms with Gasteiger partial charge in [-0.05, 0) is 49.4 Å². The highest BCUT2D eigenvalue weighted by Gasteiger charge is 2.28. The molecule has 3 nitrogen and oxygen atoms in total. The van der Waals surface area contributed by atoms with Gasteiger partial charge < -0.3 is 10.2 Å². The molecule has 100 valence electrons. The first kappa shape index (κ1) is 13.8. The van der Waals surface area contributed by atoms with Crippen LogP contribution in [-0.2, 0) is 17.8 Å². The molecule has 3 heterocycles. The molecule has 3 rings (SSSR count). The Labute approximate surface area is 118 Å². The first-order chi connectivity index (χ1) is 8.34. The van der Waals surface area contributed by atoms with Crippen molar-refractivity contribution in [1.29, 1.82) is 0 Å². The zero-order chi connectivity index (χ0) is 11.7. The Morgan fingerprint density at radius 3 is 2.94 bits per heavy atom. The summed E-state index contributed by atoms with van der Waals surface area (Å²) in [6, 6.07) is 2.17. The molecule has 1 saturated heterocycles. The normalized spacial score (nSPS) is 20.1. The lowest BCUT2D eigenvalue weighted by Gasteiger charge is -2.32. The van der Waals surface area contributed by atoms with E-state index < -0.39 is 0 Å². The largest absolute Gasteiger partial charge is 0.338 e. The van der Waals surface area contributed by atoms with Crippen LogP contribution >= 0.6 is 23.7 Å². The fourth-order valence-corrected chi connectivity index (χ4v) is 3.65. The smallest absolute Gasteiger partial charge is 0.226 e. The molecule has 1 aromatic heterocycles. The van der Waals surface area contributed by atoms with E-state index in [4.69, 9.17) is 0 Å². The van der Waals surface area contributed by atoms with Gasteiger partial charge in [-0.15, -0.1) is 23.7 Å². The molecule has 0 aromatic carbocycles. The van der Waals surface area contributed by atoms with Crippen molar-refractivity contribution in [1.82, 2.24) is 10.2 Å². The summed E-state index contributed by atoms with van der Waals surface area (Å²) in [5, 5.41) is 5.46. The van der Waals surface area contributed by atoms with Gasteiger partial charge in [0.15, 0.2) is 0 Å². The topological polar surface area (TPSA) is 32.3 Å². The van der Waals surface area contributed by atoms with Gasteiger partial charge in [0.25, 0.3) is 0 Å². The van der Waals surface area contributed by atoms with Crippen molar-refractivity contribution in [3.8, 4) is 0 Å². The minimum Gasteiger partial charge on any atom is -0.338 e. The zero-order valence-electron chi connectivity index (χ0n) is 10.4. The molecule has 0 aliphatic carbocycles.